The maximum absolute atomic E-state index is 12.3. The van der Waals surface area contributed by atoms with Crippen LogP contribution >= 0.6 is 0 Å². The predicted octanol–water partition coefficient (Wildman–Crippen LogP) is 1.08. The monoisotopic (exact) mass is 404 g/mol. The lowest BCUT2D eigenvalue weighted by molar-refractivity contribution is -0.126. The van der Waals surface area contributed by atoms with Gasteiger partial charge in [0, 0.05) is 43.4 Å². The van der Waals surface area contributed by atoms with E-state index in [0.717, 1.165) is 48.7 Å². The summed E-state index contributed by atoms with van der Waals surface area (Å²) < 4.78 is 1.69. The van der Waals surface area contributed by atoms with Crippen LogP contribution in [0.5, 0.6) is 0 Å². The Balaban J connectivity index is 1.29. The molecule has 3 aromatic rings. The highest BCUT2D eigenvalue weighted by molar-refractivity contribution is 5.99. The van der Waals surface area contributed by atoms with Gasteiger partial charge in [0.1, 0.15) is 0 Å². The van der Waals surface area contributed by atoms with E-state index >= 15 is 0 Å². The summed E-state index contributed by atoms with van der Waals surface area (Å²) in [5.74, 6) is 1.32. The molecule has 3 aliphatic heterocycles. The van der Waals surface area contributed by atoms with Crippen molar-refractivity contribution in [2.24, 2.45) is 5.41 Å². The molecule has 0 aliphatic carbocycles. The van der Waals surface area contributed by atoms with E-state index in [2.05, 4.69) is 35.9 Å². The first-order valence-electron chi connectivity index (χ1n) is 10.0. The molecule has 152 valence electrons. The second-order valence-corrected chi connectivity index (χ2v) is 8.13. The van der Waals surface area contributed by atoms with Gasteiger partial charge >= 0.3 is 0 Å². The van der Waals surface area contributed by atoms with Crippen molar-refractivity contribution in [3.8, 4) is 0 Å². The molecule has 2 fully saturated rings. The fourth-order valence-electron chi connectivity index (χ4n) is 4.66. The number of anilines is 4. The van der Waals surface area contributed by atoms with Gasteiger partial charge in [0.15, 0.2) is 11.5 Å². The number of carbonyl (C=O) groups is 2. The molecule has 3 N–H and O–H groups in total. The third-order valence-corrected chi connectivity index (χ3v) is 6.25. The minimum atomic E-state index is -0.315. The quantitative estimate of drug-likeness (QED) is 0.598. The second-order valence-electron chi connectivity index (χ2n) is 8.13. The van der Waals surface area contributed by atoms with Gasteiger partial charge in [-0.2, -0.15) is 4.98 Å². The number of nitrogens with zero attached hydrogens (tertiary/aromatic N) is 5. The molecular weight excluding hydrogens is 384 g/mol. The molecule has 0 radical (unpaired) electrons. The van der Waals surface area contributed by atoms with Gasteiger partial charge in [-0.25, -0.2) is 9.50 Å². The Morgan fingerprint density at radius 3 is 3.00 bits per heavy atom. The summed E-state index contributed by atoms with van der Waals surface area (Å²) in [6, 6.07) is 5.72. The largest absolute Gasteiger partial charge is 0.356 e. The number of hydrogen-bond acceptors (Lipinski definition) is 7. The van der Waals surface area contributed by atoms with Crippen LogP contribution < -0.4 is 20.9 Å². The zero-order chi connectivity index (χ0) is 20.3. The first kappa shape index (κ1) is 17.2. The zero-order valence-electron chi connectivity index (χ0n) is 16.2. The number of aromatic nitrogens is 4. The van der Waals surface area contributed by atoms with Gasteiger partial charge in [-0.15, -0.1) is 5.10 Å². The molecule has 2 aromatic heterocycles. The van der Waals surface area contributed by atoms with Crippen molar-refractivity contribution in [1.29, 1.82) is 0 Å². The number of hydrogen-bond donors (Lipinski definition) is 3. The van der Waals surface area contributed by atoms with E-state index in [-0.39, 0.29) is 17.2 Å². The molecule has 1 spiro atoms. The molecule has 3 aliphatic rings. The Bertz CT molecular complexity index is 1200. The molecule has 1 atom stereocenters. The van der Waals surface area contributed by atoms with Crippen LogP contribution in [0.3, 0.4) is 0 Å². The third-order valence-electron chi connectivity index (χ3n) is 6.25. The fourth-order valence-corrected chi connectivity index (χ4v) is 4.66. The van der Waals surface area contributed by atoms with Gasteiger partial charge in [-0.3, -0.25) is 9.59 Å². The standard InChI is InChI=1S/C20H20N8O2/c29-15-9-12-1-2-13(10-14(12)24-15)23-19-25-17-16(21-6-8-28(17)26-19)27-7-4-20(11-27)3-5-22-18(20)30/h1-2,6,8,10H,3-5,7,9,11H2,(H,22,30)(H,23,26)(H,24,29). The van der Waals surface area contributed by atoms with Gasteiger partial charge in [-0.1, -0.05) is 6.07 Å². The first-order chi connectivity index (χ1) is 14.6. The average molecular weight is 404 g/mol. The topological polar surface area (TPSA) is 117 Å². The third kappa shape index (κ3) is 2.60. The molecule has 2 saturated heterocycles. The molecule has 2 amide bonds. The Morgan fingerprint density at radius 1 is 1.20 bits per heavy atom. The predicted molar refractivity (Wildman–Crippen MR) is 110 cm³/mol. The van der Waals surface area contributed by atoms with Crippen molar-refractivity contribution in [2.75, 3.05) is 35.2 Å². The van der Waals surface area contributed by atoms with Crippen LogP contribution in [0.15, 0.2) is 30.6 Å². The first-order valence-corrected chi connectivity index (χ1v) is 10.0. The highest BCUT2D eigenvalue weighted by Gasteiger charge is 2.48. The van der Waals surface area contributed by atoms with Gasteiger partial charge in [0.05, 0.1) is 11.8 Å². The lowest BCUT2D eigenvalue weighted by Crippen LogP contribution is -2.34. The molecule has 10 heteroatoms. The molecule has 30 heavy (non-hydrogen) atoms. The normalized spacial score (nSPS) is 22.6. The lowest BCUT2D eigenvalue weighted by atomic mass is 9.86. The van der Waals surface area contributed by atoms with E-state index < -0.39 is 0 Å². The summed E-state index contributed by atoms with van der Waals surface area (Å²) in [7, 11) is 0. The SMILES string of the molecule is O=C1Cc2ccc(Nc3nc4c(N5CCC6(CCNC6=O)C5)nccn4n3)cc2N1. The van der Waals surface area contributed by atoms with Gasteiger partial charge in [0.2, 0.25) is 17.8 Å². The van der Waals surface area contributed by atoms with E-state index in [0.29, 0.717) is 24.6 Å². The van der Waals surface area contributed by atoms with Gasteiger partial charge < -0.3 is 20.9 Å². The van der Waals surface area contributed by atoms with Crippen molar-refractivity contribution < 1.29 is 9.59 Å². The maximum atomic E-state index is 12.3. The van der Waals surface area contributed by atoms with Crippen molar-refractivity contribution in [3.05, 3.63) is 36.2 Å². The maximum Gasteiger partial charge on any atom is 0.247 e. The van der Waals surface area contributed by atoms with Crippen LogP contribution in [-0.4, -0.2) is 51.0 Å². The van der Waals surface area contributed by atoms with E-state index in [1.807, 2.05) is 18.2 Å². The van der Waals surface area contributed by atoms with Crippen molar-refractivity contribution >= 4 is 40.6 Å². The zero-order valence-corrected chi connectivity index (χ0v) is 16.2. The van der Waals surface area contributed by atoms with Crippen LogP contribution in [0.2, 0.25) is 0 Å². The Hall–Kier alpha value is -3.69. The van der Waals surface area contributed by atoms with Crippen molar-refractivity contribution in [2.45, 2.75) is 19.3 Å². The van der Waals surface area contributed by atoms with E-state index in [1.54, 1.807) is 16.9 Å². The lowest BCUT2D eigenvalue weighted by Gasteiger charge is -2.21. The average Bonchev–Trinajstić information content (AvgIpc) is 3.48. The number of benzene rings is 1. The van der Waals surface area contributed by atoms with E-state index in [1.165, 1.54) is 0 Å². The van der Waals surface area contributed by atoms with Crippen LogP contribution in [0, 0.1) is 5.41 Å². The molecule has 0 bridgehead atoms. The minimum Gasteiger partial charge on any atom is -0.356 e. The number of amides is 2. The van der Waals surface area contributed by atoms with Crippen LogP contribution in [0.4, 0.5) is 23.1 Å². The molecule has 1 unspecified atom stereocenters. The summed E-state index contributed by atoms with van der Waals surface area (Å²) >= 11 is 0. The van der Waals surface area contributed by atoms with Crippen molar-refractivity contribution in [3.63, 3.8) is 0 Å². The van der Waals surface area contributed by atoms with E-state index in [9.17, 15) is 9.59 Å². The smallest absolute Gasteiger partial charge is 0.247 e. The number of fused-ring (bicyclic) bond motifs is 2. The number of rotatable bonds is 3. The van der Waals surface area contributed by atoms with Gasteiger partial charge in [0.25, 0.3) is 0 Å². The highest BCUT2D eigenvalue weighted by Crippen LogP contribution is 2.39. The summed E-state index contributed by atoms with van der Waals surface area (Å²) in [6.07, 6.45) is 5.55. The molecule has 6 rings (SSSR count). The molecular formula is C20H20N8O2. The van der Waals surface area contributed by atoms with E-state index in [4.69, 9.17) is 0 Å². The summed E-state index contributed by atoms with van der Waals surface area (Å²) in [6.45, 7) is 2.15. The number of nitrogens with one attached hydrogen (secondary N) is 3. The summed E-state index contributed by atoms with van der Waals surface area (Å²) in [4.78, 5) is 35.2. The molecule has 1 aromatic carbocycles. The second kappa shape index (κ2) is 6.15. The van der Waals surface area contributed by atoms with Crippen molar-refractivity contribution in [1.82, 2.24) is 24.9 Å². The highest BCUT2D eigenvalue weighted by atomic mass is 16.2. The van der Waals surface area contributed by atoms with Crippen LogP contribution in [0.25, 0.3) is 5.65 Å². The minimum absolute atomic E-state index is 0.00282. The Labute approximate surface area is 171 Å². The van der Waals surface area contributed by atoms with Crippen LogP contribution in [0.1, 0.15) is 18.4 Å². The molecule has 0 saturated carbocycles. The summed E-state index contributed by atoms with van der Waals surface area (Å²) in [5, 5.41) is 13.5. The van der Waals surface area contributed by atoms with Crippen LogP contribution in [-0.2, 0) is 16.0 Å². The molecule has 5 heterocycles. The fraction of sp³-hybridized carbons (Fsp3) is 0.350. The summed E-state index contributed by atoms with van der Waals surface area (Å²) in [5.41, 5.74) is 2.92. The van der Waals surface area contributed by atoms with Gasteiger partial charge in [-0.05, 0) is 30.5 Å². The Kier molecular flexibility index (Phi) is 3.53. The molecule has 10 nitrogen and oxygen atoms in total. The number of carbonyl (C=O) groups excluding carboxylic acids is 2. The Morgan fingerprint density at radius 2 is 2.13 bits per heavy atom.